The van der Waals surface area contributed by atoms with Crippen LogP contribution in [0.4, 0.5) is 0 Å². The van der Waals surface area contributed by atoms with Crippen molar-refractivity contribution in [2.45, 2.75) is 26.5 Å². The van der Waals surface area contributed by atoms with E-state index in [2.05, 4.69) is 10.1 Å². The van der Waals surface area contributed by atoms with Crippen LogP contribution in [0.5, 0.6) is 0 Å². The fourth-order valence-electron chi connectivity index (χ4n) is 3.61. The summed E-state index contributed by atoms with van der Waals surface area (Å²) < 4.78 is 9.29. The van der Waals surface area contributed by atoms with Gasteiger partial charge in [0.05, 0.1) is 36.0 Å². The molecular formula is C19H23N5O3. The van der Waals surface area contributed by atoms with Gasteiger partial charge in [-0.2, -0.15) is 5.10 Å². The van der Waals surface area contributed by atoms with E-state index in [4.69, 9.17) is 4.74 Å². The SMILES string of the molecule is Cc1cc(C)n(CC2CN(C(=O)c3ccc4[nH]c(=O)n(C)c4c3)CCO2)n1. The minimum absolute atomic E-state index is 0.0489. The first kappa shape index (κ1) is 17.5. The van der Waals surface area contributed by atoms with Crippen LogP contribution in [0.2, 0.25) is 0 Å². The van der Waals surface area contributed by atoms with Crippen LogP contribution in [0.15, 0.2) is 29.1 Å². The Morgan fingerprint density at radius 2 is 2.15 bits per heavy atom. The van der Waals surface area contributed by atoms with Crippen LogP contribution in [-0.4, -0.2) is 55.9 Å². The zero-order valence-electron chi connectivity index (χ0n) is 15.7. The monoisotopic (exact) mass is 369 g/mol. The highest BCUT2D eigenvalue weighted by Gasteiger charge is 2.26. The second-order valence-corrected chi connectivity index (χ2v) is 7.07. The van der Waals surface area contributed by atoms with Gasteiger partial charge < -0.3 is 14.6 Å². The van der Waals surface area contributed by atoms with Gasteiger partial charge in [-0.05, 0) is 38.1 Å². The smallest absolute Gasteiger partial charge is 0.326 e. The Hall–Kier alpha value is -2.87. The Morgan fingerprint density at radius 3 is 2.89 bits per heavy atom. The number of imidazole rings is 1. The molecule has 1 fully saturated rings. The van der Waals surface area contributed by atoms with Gasteiger partial charge in [-0.3, -0.25) is 14.0 Å². The molecule has 1 atom stereocenters. The molecule has 3 heterocycles. The molecule has 0 bridgehead atoms. The Bertz CT molecular complexity index is 1060. The first-order valence-corrected chi connectivity index (χ1v) is 9.03. The molecule has 27 heavy (non-hydrogen) atoms. The van der Waals surface area contributed by atoms with E-state index >= 15 is 0 Å². The molecule has 1 unspecified atom stereocenters. The predicted octanol–water partition coefficient (Wildman–Crippen LogP) is 1.22. The van der Waals surface area contributed by atoms with E-state index < -0.39 is 0 Å². The van der Waals surface area contributed by atoms with Crippen molar-refractivity contribution in [1.82, 2.24) is 24.2 Å². The highest BCUT2D eigenvalue weighted by Crippen LogP contribution is 2.17. The van der Waals surface area contributed by atoms with E-state index in [1.54, 1.807) is 25.2 Å². The minimum atomic E-state index is -0.189. The molecule has 8 nitrogen and oxygen atoms in total. The zero-order valence-corrected chi connectivity index (χ0v) is 15.7. The van der Waals surface area contributed by atoms with Crippen LogP contribution in [0.1, 0.15) is 21.7 Å². The Kier molecular flexibility index (Phi) is 4.35. The van der Waals surface area contributed by atoms with Gasteiger partial charge in [0.15, 0.2) is 0 Å². The highest BCUT2D eigenvalue weighted by molar-refractivity contribution is 5.97. The molecule has 0 spiro atoms. The maximum atomic E-state index is 13.0. The number of carbonyl (C=O) groups excluding carboxylic acids is 1. The van der Waals surface area contributed by atoms with Gasteiger partial charge in [0.1, 0.15) is 0 Å². The molecule has 1 amide bonds. The number of benzene rings is 1. The summed E-state index contributed by atoms with van der Waals surface area (Å²) in [7, 11) is 1.69. The molecule has 1 aliphatic heterocycles. The summed E-state index contributed by atoms with van der Waals surface area (Å²) in [5.41, 5.74) is 3.89. The Labute approximate surface area is 156 Å². The summed E-state index contributed by atoms with van der Waals surface area (Å²) in [5, 5.41) is 4.48. The molecular weight excluding hydrogens is 346 g/mol. The summed E-state index contributed by atoms with van der Waals surface area (Å²) in [6, 6.07) is 7.33. The van der Waals surface area contributed by atoms with Crippen LogP contribution < -0.4 is 5.69 Å². The number of ether oxygens (including phenoxy) is 1. The van der Waals surface area contributed by atoms with Gasteiger partial charge in [-0.25, -0.2) is 4.79 Å². The summed E-state index contributed by atoms with van der Waals surface area (Å²) in [5.74, 6) is -0.0489. The number of nitrogens with one attached hydrogen (secondary N) is 1. The number of nitrogens with zero attached hydrogens (tertiary/aromatic N) is 4. The fraction of sp³-hybridized carbons (Fsp3) is 0.421. The van der Waals surface area contributed by atoms with Crippen LogP contribution in [0.25, 0.3) is 11.0 Å². The molecule has 8 heteroatoms. The van der Waals surface area contributed by atoms with E-state index in [1.165, 1.54) is 4.57 Å². The van der Waals surface area contributed by atoms with Gasteiger partial charge in [0.2, 0.25) is 0 Å². The average Bonchev–Trinajstić information content (AvgIpc) is 3.12. The van der Waals surface area contributed by atoms with Crippen LogP contribution >= 0.6 is 0 Å². The molecule has 0 saturated carbocycles. The summed E-state index contributed by atoms with van der Waals surface area (Å²) >= 11 is 0. The predicted molar refractivity (Wildman–Crippen MR) is 101 cm³/mol. The number of fused-ring (bicyclic) bond motifs is 1. The number of carbonyl (C=O) groups is 1. The van der Waals surface area contributed by atoms with E-state index in [0.717, 1.165) is 22.4 Å². The van der Waals surface area contributed by atoms with Gasteiger partial charge in [0, 0.05) is 31.4 Å². The standard InChI is InChI=1S/C19H23N5O3/c1-12-8-13(2)24(21-12)11-15-10-23(6-7-27-15)18(25)14-4-5-16-17(9-14)22(3)19(26)20-16/h4-5,8-9,15H,6-7,10-11H2,1-3H3,(H,20,26). The van der Waals surface area contributed by atoms with Gasteiger partial charge in [-0.1, -0.05) is 0 Å². The first-order chi connectivity index (χ1) is 12.9. The van der Waals surface area contributed by atoms with E-state index in [0.29, 0.717) is 31.8 Å². The van der Waals surface area contributed by atoms with Gasteiger partial charge >= 0.3 is 5.69 Å². The first-order valence-electron chi connectivity index (χ1n) is 9.03. The van der Waals surface area contributed by atoms with E-state index in [-0.39, 0.29) is 17.7 Å². The third-order valence-electron chi connectivity index (χ3n) is 5.06. The number of aryl methyl sites for hydroxylation is 3. The van der Waals surface area contributed by atoms with Crippen molar-refractivity contribution in [3.63, 3.8) is 0 Å². The molecule has 1 aromatic carbocycles. The van der Waals surface area contributed by atoms with Crippen molar-refractivity contribution in [3.8, 4) is 0 Å². The lowest BCUT2D eigenvalue weighted by Gasteiger charge is -2.33. The number of hydrogen-bond donors (Lipinski definition) is 1. The molecule has 4 rings (SSSR count). The molecule has 1 aliphatic rings. The quantitative estimate of drug-likeness (QED) is 0.752. The second-order valence-electron chi connectivity index (χ2n) is 7.07. The topological polar surface area (TPSA) is 85.2 Å². The Balaban J connectivity index is 1.52. The summed E-state index contributed by atoms with van der Waals surface area (Å²) in [6.45, 7) is 6.17. The number of hydrogen-bond acceptors (Lipinski definition) is 4. The summed E-state index contributed by atoms with van der Waals surface area (Å²) in [4.78, 5) is 29.3. The molecule has 2 aromatic heterocycles. The van der Waals surface area contributed by atoms with Crippen molar-refractivity contribution < 1.29 is 9.53 Å². The third-order valence-corrected chi connectivity index (χ3v) is 5.06. The largest absolute Gasteiger partial charge is 0.373 e. The number of amides is 1. The fourth-order valence-corrected chi connectivity index (χ4v) is 3.61. The van der Waals surface area contributed by atoms with Crippen molar-refractivity contribution >= 4 is 16.9 Å². The van der Waals surface area contributed by atoms with Gasteiger partial charge in [-0.15, -0.1) is 0 Å². The zero-order chi connectivity index (χ0) is 19.1. The summed E-state index contributed by atoms with van der Waals surface area (Å²) in [6.07, 6.45) is -0.0963. The lowest BCUT2D eigenvalue weighted by Crippen LogP contribution is -2.47. The number of H-pyrrole nitrogens is 1. The van der Waals surface area contributed by atoms with Crippen molar-refractivity contribution in [1.29, 1.82) is 0 Å². The van der Waals surface area contributed by atoms with E-state index in [9.17, 15) is 9.59 Å². The van der Waals surface area contributed by atoms with Crippen molar-refractivity contribution in [3.05, 3.63) is 51.7 Å². The number of morpholine rings is 1. The highest BCUT2D eigenvalue weighted by atomic mass is 16.5. The molecule has 0 radical (unpaired) electrons. The van der Waals surface area contributed by atoms with Crippen LogP contribution in [0, 0.1) is 13.8 Å². The third kappa shape index (κ3) is 3.28. The van der Waals surface area contributed by atoms with Crippen molar-refractivity contribution in [2.75, 3.05) is 19.7 Å². The minimum Gasteiger partial charge on any atom is -0.373 e. The maximum Gasteiger partial charge on any atom is 0.326 e. The maximum absolute atomic E-state index is 13.0. The average molecular weight is 369 g/mol. The van der Waals surface area contributed by atoms with Crippen molar-refractivity contribution in [2.24, 2.45) is 7.05 Å². The second kappa shape index (κ2) is 6.70. The molecule has 3 aromatic rings. The van der Waals surface area contributed by atoms with Crippen LogP contribution in [0.3, 0.4) is 0 Å². The Morgan fingerprint density at radius 1 is 1.33 bits per heavy atom. The number of aromatic nitrogens is 4. The molecule has 1 saturated heterocycles. The number of aromatic amines is 1. The normalized spacial score (nSPS) is 17.6. The van der Waals surface area contributed by atoms with E-state index in [1.807, 2.05) is 29.5 Å². The van der Waals surface area contributed by atoms with Crippen LogP contribution in [-0.2, 0) is 18.3 Å². The van der Waals surface area contributed by atoms with Gasteiger partial charge in [0.25, 0.3) is 5.91 Å². The molecule has 0 aliphatic carbocycles. The number of rotatable bonds is 3. The molecule has 1 N–H and O–H groups in total. The lowest BCUT2D eigenvalue weighted by atomic mass is 10.1. The molecule has 142 valence electrons. The lowest BCUT2D eigenvalue weighted by molar-refractivity contribution is -0.0302.